The first-order valence-corrected chi connectivity index (χ1v) is 21.0. The normalized spacial score (nSPS) is 29.5. The van der Waals surface area contributed by atoms with E-state index in [0.29, 0.717) is 62.3 Å². The van der Waals surface area contributed by atoms with E-state index in [2.05, 4.69) is 21.8 Å². The van der Waals surface area contributed by atoms with Crippen molar-refractivity contribution in [3.8, 4) is 5.75 Å². The average molecular weight is 769 g/mol. The van der Waals surface area contributed by atoms with Crippen molar-refractivity contribution >= 4 is 39.3 Å². The number of anilines is 1. The Morgan fingerprint density at radius 3 is 2.60 bits per heavy atom. The molecule has 0 aromatic heterocycles. The Kier molecular flexibility index (Phi) is 10.8. The van der Waals surface area contributed by atoms with Gasteiger partial charge in [0.1, 0.15) is 11.9 Å². The number of hydrogen-bond acceptors (Lipinski definition) is 9. The maximum absolute atomic E-state index is 13.9. The highest BCUT2D eigenvalue weighted by Crippen LogP contribution is 2.47. The summed E-state index contributed by atoms with van der Waals surface area (Å²) in [7, 11) is -2.51. The van der Waals surface area contributed by atoms with Crippen molar-refractivity contribution in [2.75, 3.05) is 57.9 Å². The number of carbonyl (C=O) groups is 2. The summed E-state index contributed by atoms with van der Waals surface area (Å²) >= 11 is 6.47. The van der Waals surface area contributed by atoms with Crippen molar-refractivity contribution in [2.45, 2.75) is 93.8 Å². The third-order valence-corrected chi connectivity index (χ3v) is 14.1. The van der Waals surface area contributed by atoms with Crippen LogP contribution in [0, 0.1) is 11.8 Å². The molecule has 2 amide bonds. The molecule has 0 radical (unpaired) electrons. The van der Waals surface area contributed by atoms with Gasteiger partial charge in [0.05, 0.1) is 28.8 Å². The molecule has 2 aliphatic carbocycles. The molecule has 2 aromatic rings. The van der Waals surface area contributed by atoms with E-state index < -0.39 is 27.6 Å². The number of likely N-dealkylation sites (tertiary alicyclic amines) is 1. The van der Waals surface area contributed by atoms with Crippen LogP contribution in [0.25, 0.3) is 0 Å². The lowest BCUT2D eigenvalue weighted by molar-refractivity contribution is -0.129. The molecule has 2 fully saturated rings. The number of aryl methyl sites for hydroxylation is 1. The van der Waals surface area contributed by atoms with Crippen molar-refractivity contribution in [1.82, 2.24) is 14.5 Å². The number of piperidine rings is 1. The van der Waals surface area contributed by atoms with E-state index in [-0.39, 0.29) is 34.3 Å². The summed E-state index contributed by atoms with van der Waals surface area (Å²) in [5.74, 6) is 0.198. The molecule has 3 aliphatic heterocycles. The largest absolute Gasteiger partial charge is 0.490 e. The van der Waals surface area contributed by atoms with Gasteiger partial charge >= 0.3 is 6.09 Å². The molecular weight excluding hydrogens is 716 g/mol. The van der Waals surface area contributed by atoms with Crippen molar-refractivity contribution in [3.05, 3.63) is 64.7 Å². The lowest BCUT2D eigenvalue weighted by Crippen LogP contribution is -2.56. The predicted octanol–water partition coefficient (Wildman–Crippen LogP) is 5.93. The first-order chi connectivity index (χ1) is 25.3. The molecule has 1 N–H and O–H groups in total. The van der Waals surface area contributed by atoms with E-state index in [4.69, 9.17) is 25.8 Å². The van der Waals surface area contributed by atoms with Gasteiger partial charge in [-0.05, 0) is 119 Å². The van der Waals surface area contributed by atoms with Crippen LogP contribution < -0.4 is 14.4 Å². The Labute approximate surface area is 319 Å². The summed E-state index contributed by atoms with van der Waals surface area (Å²) in [5, 5.41) is 0.708. The number of halogens is 1. The van der Waals surface area contributed by atoms with Crippen molar-refractivity contribution in [1.29, 1.82) is 0 Å². The summed E-state index contributed by atoms with van der Waals surface area (Å²) in [6, 6.07) is 11.0. The maximum atomic E-state index is 13.9. The molecule has 288 valence electrons. The second-order valence-corrected chi connectivity index (χ2v) is 18.1. The molecule has 7 rings (SSSR count). The number of methoxy groups -OCH3 is 1. The number of nitrogens with zero attached hydrogens (tertiary/aromatic N) is 3. The van der Waals surface area contributed by atoms with Crippen LogP contribution in [0.5, 0.6) is 5.75 Å². The van der Waals surface area contributed by atoms with E-state index in [1.807, 2.05) is 30.0 Å². The third kappa shape index (κ3) is 7.53. The fourth-order valence-corrected chi connectivity index (χ4v) is 10.4. The SMILES string of the molecule is CCN1C/C=C\[C@H](OC(=O)N2CCC(OC)CC2)[C@@H]2CC[C@H]2CN2C[C@@]3(CCCc4cc(Cl)ccc43)COc3ccc(cc32)S(=O)(=O)NC(=O)C1(C)C. The molecule has 2 bridgehead atoms. The van der Waals surface area contributed by atoms with Gasteiger partial charge in [-0.3, -0.25) is 9.69 Å². The topological polar surface area (TPSA) is 118 Å². The Morgan fingerprint density at radius 2 is 1.89 bits per heavy atom. The summed E-state index contributed by atoms with van der Waals surface area (Å²) < 4.78 is 48.7. The number of sulfonamides is 1. The van der Waals surface area contributed by atoms with Crippen molar-refractivity contribution in [3.63, 3.8) is 0 Å². The van der Waals surface area contributed by atoms with Crippen molar-refractivity contribution < 1.29 is 32.2 Å². The fraction of sp³-hybridized carbons (Fsp3) is 0.600. The number of benzene rings is 2. The van der Waals surface area contributed by atoms with Gasteiger partial charge in [0.2, 0.25) is 0 Å². The molecular formula is C40H53ClN4O7S. The highest BCUT2D eigenvalue weighted by Gasteiger charge is 2.46. The maximum Gasteiger partial charge on any atom is 0.410 e. The van der Waals surface area contributed by atoms with E-state index in [0.717, 1.165) is 44.9 Å². The second kappa shape index (κ2) is 15.1. The van der Waals surface area contributed by atoms with E-state index in [1.54, 1.807) is 38.0 Å². The Balaban J connectivity index is 1.27. The van der Waals surface area contributed by atoms with Gasteiger partial charge in [-0.25, -0.2) is 17.9 Å². The van der Waals surface area contributed by atoms with Crippen molar-refractivity contribution in [2.24, 2.45) is 11.8 Å². The minimum absolute atomic E-state index is 0.00465. The van der Waals surface area contributed by atoms with Gasteiger partial charge in [-0.2, -0.15) is 0 Å². The second-order valence-electron chi connectivity index (χ2n) is 16.0. The predicted molar refractivity (Wildman–Crippen MR) is 204 cm³/mol. The molecule has 2 aromatic carbocycles. The quantitative estimate of drug-likeness (QED) is 0.380. The number of amides is 2. The van der Waals surface area contributed by atoms with Crippen LogP contribution in [0.4, 0.5) is 10.5 Å². The lowest BCUT2D eigenvalue weighted by Gasteiger charge is -2.46. The highest BCUT2D eigenvalue weighted by atomic mass is 35.5. The molecule has 3 heterocycles. The standard InChI is InChI=1S/C40H53ClN4O7S/c1-5-45-19-7-9-35(52-38(47)43-20-16-30(50-4)17-21-43)32-13-10-28(32)24-44-25-40(18-6-8-27-22-29(41)11-14-33(27)40)26-51-36-15-12-31(23-34(36)44)53(48,49)42-37(46)39(45,2)3/h7,9,11-12,14-15,22-23,28,30,32,35H,5-6,8,10,13,16-21,24-26H2,1-4H3,(H,42,46)/b9-7-/t28-,32+,35-,40-/m0/s1. The first-order valence-electron chi connectivity index (χ1n) is 19.1. The van der Waals surface area contributed by atoms with Crippen LogP contribution in [-0.2, 0) is 36.1 Å². The zero-order chi connectivity index (χ0) is 37.5. The van der Waals surface area contributed by atoms with E-state index in [9.17, 15) is 18.0 Å². The molecule has 4 atom stereocenters. The molecule has 0 unspecified atom stereocenters. The summed E-state index contributed by atoms with van der Waals surface area (Å²) in [5.41, 5.74) is 1.60. The number of rotatable bonds is 3. The molecule has 1 saturated heterocycles. The van der Waals surface area contributed by atoms with Crippen LogP contribution in [0.15, 0.2) is 53.4 Å². The molecule has 11 nitrogen and oxygen atoms in total. The number of likely N-dealkylation sites (N-methyl/N-ethyl adjacent to an activating group) is 1. The van der Waals surface area contributed by atoms with Crippen LogP contribution in [0.3, 0.4) is 0 Å². The number of fused-ring (bicyclic) bond motifs is 4. The Morgan fingerprint density at radius 1 is 1.09 bits per heavy atom. The molecule has 5 aliphatic rings. The third-order valence-electron chi connectivity index (χ3n) is 12.5. The zero-order valence-corrected chi connectivity index (χ0v) is 32.9. The lowest BCUT2D eigenvalue weighted by atomic mass is 9.68. The minimum atomic E-state index is -4.22. The zero-order valence-electron chi connectivity index (χ0n) is 31.3. The number of nitrogens with one attached hydrogen (secondary N) is 1. The summed E-state index contributed by atoms with van der Waals surface area (Å²) in [6.45, 7) is 9.09. The summed E-state index contributed by atoms with van der Waals surface area (Å²) in [4.78, 5) is 33.4. The van der Waals surface area contributed by atoms with Crippen LogP contribution in [0.1, 0.15) is 70.4 Å². The average Bonchev–Trinajstić information content (AvgIpc) is 3.27. The highest BCUT2D eigenvalue weighted by molar-refractivity contribution is 7.90. The van der Waals surface area contributed by atoms with Gasteiger partial charge in [-0.1, -0.05) is 30.7 Å². The smallest absolute Gasteiger partial charge is 0.410 e. The first kappa shape index (κ1) is 38.0. The van der Waals surface area contributed by atoms with E-state index in [1.165, 1.54) is 17.2 Å². The minimum Gasteiger partial charge on any atom is -0.490 e. The molecule has 1 spiro atoms. The number of carbonyl (C=O) groups excluding carboxylic acids is 2. The van der Waals surface area contributed by atoms with Gasteiger partial charge in [0.25, 0.3) is 15.9 Å². The Hall–Kier alpha value is -3.32. The van der Waals surface area contributed by atoms with Gasteiger partial charge in [0, 0.05) is 56.2 Å². The van der Waals surface area contributed by atoms with E-state index >= 15 is 0 Å². The van der Waals surface area contributed by atoms with Crippen LogP contribution in [0.2, 0.25) is 5.02 Å². The Bertz CT molecular complexity index is 1850. The molecule has 13 heteroatoms. The van der Waals surface area contributed by atoms with Gasteiger partial charge < -0.3 is 24.0 Å². The monoisotopic (exact) mass is 768 g/mol. The fourth-order valence-electron chi connectivity index (χ4n) is 9.06. The number of ether oxygens (including phenoxy) is 3. The van der Waals surface area contributed by atoms with Crippen LogP contribution >= 0.6 is 11.6 Å². The van der Waals surface area contributed by atoms with Gasteiger partial charge in [0.15, 0.2) is 0 Å². The number of hydrogen-bond donors (Lipinski definition) is 1. The van der Waals surface area contributed by atoms with Gasteiger partial charge in [-0.15, -0.1) is 0 Å². The van der Waals surface area contributed by atoms with Crippen LogP contribution in [-0.4, -0.2) is 101 Å². The molecule has 1 saturated carbocycles. The summed E-state index contributed by atoms with van der Waals surface area (Å²) in [6.07, 6.45) is 9.50. The molecule has 53 heavy (non-hydrogen) atoms.